The molecule has 0 saturated carbocycles. The lowest BCUT2D eigenvalue weighted by molar-refractivity contribution is -0.145. The molecule has 1 aromatic rings. The zero-order valence-electron chi connectivity index (χ0n) is 11.2. The van der Waals surface area contributed by atoms with Gasteiger partial charge in [0.2, 0.25) is 0 Å². The molecule has 104 valence electrons. The Morgan fingerprint density at radius 1 is 1.21 bits per heavy atom. The first-order valence-electron chi connectivity index (χ1n) is 6.21. The molecule has 0 aliphatic rings. The highest BCUT2D eigenvalue weighted by Gasteiger charge is 2.26. The first-order chi connectivity index (χ1) is 8.95. The van der Waals surface area contributed by atoms with E-state index in [1.54, 1.807) is 17.0 Å². The Kier molecular flexibility index (Phi) is 5.51. The SMILES string of the molecule is CCN(CCC(=O)O)C(C(=O)O)c1ccc(C)cc1. The van der Waals surface area contributed by atoms with Crippen molar-refractivity contribution in [3.63, 3.8) is 0 Å². The van der Waals surface area contributed by atoms with E-state index in [9.17, 15) is 14.7 Å². The fourth-order valence-electron chi connectivity index (χ4n) is 1.97. The Labute approximate surface area is 112 Å². The van der Waals surface area contributed by atoms with Crippen LogP contribution < -0.4 is 0 Å². The first kappa shape index (κ1) is 15.2. The average molecular weight is 265 g/mol. The number of rotatable bonds is 7. The zero-order valence-corrected chi connectivity index (χ0v) is 11.2. The topological polar surface area (TPSA) is 77.8 Å². The van der Waals surface area contributed by atoms with Crippen LogP contribution >= 0.6 is 0 Å². The molecule has 0 saturated heterocycles. The van der Waals surface area contributed by atoms with E-state index in [0.717, 1.165) is 5.56 Å². The van der Waals surface area contributed by atoms with Gasteiger partial charge in [0.25, 0.3) is 0 Å². The second kappa shape index (κ2) is 6.89. The van der Waals surface area contributed by atoms with E-state index in [-0.39, 0.29) is 13.0 Å². The van der Waals surface area contributed by atoms with E-state index in [2.05, 4.69) is 0 Å². The van der Waals surface area contributed by atoms with Crippen LogP contribution in [0.1, 0.15) is 30.5 Å². The van der Waals surface area contributed by atoms with E-state index in [0.29, 0.717) is 12.1 Å². The molecule has 1 rings (SSSR count). The summed E-state index contributed by atoms with van der Waals surface area (Å²) in [6, 6.07) is 6.46. The monoisotopic (exact) mass is 265 g/mol. The van der Waals surface area contributed by atoms with Crippen LogP contribution in [0.3, 0.4) is 0 Å². The second-order valence-corrected chi connectivity index (χ2v) is 4.42. The minimum Gasteiger partial charge on any atom is -0.481 e. The van der Waals surface area contributed by atoms with Crippen LogP contribution in [0.5, 0.6) is 0 Å². The summed E-state index contributed by atoms with van der Waals surface area (Å²) in [6.45, 7) is 4.46. The fraction of sp³-hybridized carbons (Fsp3) is 0.429. The number of hydrogen-bond donors (Lipinski definition) is 2. The van der Waals surface area contributed by atoms with Crippen LogP contribution in [0.4, 0.5) is 0 Å². The van der Waals surface area contributed by atoms with Crippen molar-refractivity contribution in [2.75, 3.05) is 13.1 Å². The lowest BCUT2D eigenvalue weighted by Crippen LogP contribution is -2.35. The molecule has 5 heteroatoms. The van der Waals surface area contributed by atoms with Gasteiger partial charge in [0, 0.05) is 6.54 Å². The minimum atomic E-state index is -0.962. The molecular formula is C14H19NO4. The van der Waals surface area contributed by atoms with Gasteiger partial charge in [-0.1, -0.05) is 36.8 Å². The first-order valence-corrected chi connectivity index (χ1v) is 6.21. The number of aliphatic carboxylic acids is 2. The smallest absolute Gasteiger partial charge is 0.325 e. The molecule has 2 N–H and O–H groups in total. The fourth-order valence-corrected chi connectivity index (χ4v) is 1.97. The van der Waals surface area contributed by atoms with E-state index in [1.807, 2.05) is 26.0 Å². The molecule has 0 aromatic heterocycles. The third-order valence-corrected chi connectivity index (χ3v) is 3.01. The van der Waals surface area contributed by atoms with Gasteiger partial charge in [0.05, 0.1) is 6.42 Å². The van der Waals surface area contributed by atoms with E-state index in [1.165, 1.54) is 0 Å². The summed E-state index contributed by atoms with van der Waals surface area (Å²) in [5, 5.41) is 18.1. The molecule has 0 heterocycles. The summed E-state index contributed by atoms with van der Waals surface area (Å²) >= 11 is 0. The van der Waals surface area contributed by atoms with Crippen LogP contribution in [-0.4, -0.2) is 40.1 Å². The number of likely N-dealkylation sites (N-methyl/N-ethyl adjacent to an activating group) is 1. The van der Waals surface area contributed by atoms with Crippen molar-refractivity contribution < 1.29 is 19.8 Å². The second-order valence-electron chi connectivity index (χ2n) is 4.42. The molecule has 0 radical (unpaired) electrons. The summed E-state index contributed by atoms with van der Waals surface area (Å²) < 4.78 is 0. The number of carbonyl (C=O) groups is 2. The number of nitrogens with zero attached hydrogens (tertiary/aromatic N) is 1. The summed E-state index contributed by atoms with van der Waals surface area (Å²) in [5.41, 5.74) is 1.73. The van der Waals surface area contributed by atoms with Gasteiger partial charge < -0.3 is 10.2 Å². The highest BCUT2D eigenvalue weighted by molar-refractivity contribution is 5.75. The van der Waals surface area contributed by atoms with Gasteiger partial charge in [0.1, 0.15) is 6.04 Å². The Bertz CT molecular complexity index is 441. The Balaban J connectivity index is 2.94. The molecular weight excluding hydrogens is 246 g/mol. The van der Waals surface area contributed by atoms with Crippen LogP contribution in [0.2, 0.25) is 0 Å². The van der Waals surface area contributed by atoms with Gasteiger partial charge in [-0.25, -0.2) is 0 Å². The van der Waals surface area contributed by atoms with Gasteiger partial charge in [-0.15, -0.1) is 0 Å². The van der Waals surface area contributed by atoms with Crippen molar-refractivity contribution in [2.24, 2.45) is 0 Å². The average Bonchev–Trinajstić information content (AvgIpc) is 2.35. The third-order valence-electron chi connectivity index (χ3n) is 3.01. The molecule has 0 aliphatic heterocycles. The highest BCUT2D eigenvalue weighted by Crippen LogP contribution is 2.21. The van der Waals surface area contributed by atoms with E-state index >= 15 is 0 Å². The Hall–Kier alpha value is -1.88. The van der Waals surface area contributed by atoms with Crippen molar-refractivity contribution >= 4 is 11.9 Å². The van der Waals surface area contributed by atoms with Crippen LogP contribution in [-0.2, 0) is 9.59 Å². The third kappa shape index (κ3) is 4.37. The molecule has 0 bridgehead atoms. The predicted octanol–water partition coefficient (Wildman–Crippen LogP) is 1.92. The zero-order chi connectivity index (χ0) is 14.4. The van der Waals surface area contributed by atoms with Gasteiger partial charge >= 0.3 is 11.9 Å². The lowest BCUT2D eigenvalue weighted by Gasteiger charge is -2.27. The van der Waals surface area contributed by atoms with Gasteiger partial charge in [-0.3, -0.25) is 14.5 Å². The standard InChI is InChI=1S/C14H19NO4/c1-3-15(9-8-12(16)17)13(14(18)19)11-6-4-10(2)5-7-11/h4-7,13H,3,8-9H2,1-2H3,(H,16,17)(H,18,19). The Morgan fingerprint density at radius 2 is 1.79 bits per heavy atom. The molecule has 0 fully saturated rings. The Morgan fingerprint density at radius 3 is 2.21 bits per heavy atom. The highest BCUT2D eigenvalue weighted by atomic mass is 16.4. The van der Waals surface area contributed by atoms with Gasteiger partial charge in [0.15, 0.2) is 0 Å². The van der Waals surface area contributed by atoms with Crippen molar-refractivity contribution in [1.82, 2.24) is 4.90 Å². The maximum atomic E-state index is 11.4. The quantitative estimate of drug-likeness (QED) is 0.787. The van der Waals surface area contributed by atoms with Crippen molar-refractivity contribution in [3.8, 4) is 0 Å². The molecule has 1 aromatic carbocycles. The van der Waals surface area contributed by atoms with Crippen molar-refractivity contribution in [2.45, 2.75) is 26.3 Å². The molecule has 1 unspecified atom stereocenters. The number of carboxylic acid groups (broad SMARTS) is 2. The van der Waals surface area contributed by atoms with E-state index < -0.39 is 18.0 Å². The molecule has 0 spiro atoms. The summed E-state index contributed by atoms with van der Waals surface area (Å²) in [7, 11) is 0. The van der Waals surface area contributed by atoms with Crippen molar-refractivity contribution in [3.05, 3.63) is 35.4 Å². The molecule has 5 nitrogen and oxygen atoms in total. The maximum Gasteiger partial charge on any atom is 0.325 e. The number of carboxylic acids is 2. The maximum absolute atomic E-state index is 11.4. The summed E-state index contributed by atoms with van der Waals surface area (Å²) in [5.74, 6) is -1.89. The number of aryl methyl sites for hydroxylation is 1. The molecule has 19 heavy (non-hydrogen) atoms. The molecule has 1 atom stereocenters. The van der Waals surface area contributed by atoms with Gasteiger partial charge in [-0.05, 0) is 19.0 Å². The summed E-state index contributed by atoms with van der Waals surface area (Å²) in [4.78, 5) is 23.7. The molecule has 0 amide bonds. The van der Waals surface area contributed by atoms with Crippen LogP contribution in [0, 0.1) is 6.92 Å². The van der Waals surface area contributed by atoms with E-state index in [4.69, 9.17) is 5.11 Å². The number of hydrogen-bond acceptors (Lipinski definition) is 3. The van der Waals surface area contributed by atoms with Crippen LogP contribution in [0.25, 0.3) is 0 Å². The molecule has 0 aliphatic carbocycles. The van der Waals surface area contributed by atoms with Crippen molar-refractivity contribution in [1.29, 1.82) is 0 Å². The number of benzene rings is 1. The normalized spacial score (nSPS) is 12.4. The minimum absolute atomic E-state index is 0.0660. The van der Waals surface area contributed by atoms with Gasteiger partial charge in [-0.2, -0.15) is 0 Å². The largest absolute Gasteiger partial charge is 0.481 e. The summed E-state index contributed by atoms with van der Waals surface area (Å²) in [6.07, 6.45) is -0.0660. The lowest BCUT2D eigenvalue weighted by atomic mass is 10.0. The predicted molar refractivity (Wildman–Crippen MR) is 71.1 cm³/mol. The van der Waals surface area contributed by atoms with Crippen LogP contribution in [0.15, 0.2) is 24.3 Å².